The molecule has 4 heterocycles. The van der Waals surface area contributed by atoms with Crippen molar-refractivity contribution in [3.63, 3.8) is 0 Å². The van der Waals surface area contributed by atoms with Gasteiger partial charge in [-0.2, -0.15) is 5.10 Å². The number of hydrogen-bond donors (Lipinski definition) is 0. The van der Waals surface area contributed by atoms with Gasteiger partial charge in [0.05, 0.1) is 18.7 Å². The van der Waals surface area contributed by atoms with Crippen molar-refractivity contribution in [3.8, 4) is 11.1 Å². The average molecular weight is 371 g/mol. The number of esters is 1. The second kappa shape index (κ2) is 6.70. The van der Waals surface area contributed by atoms with Gasteiger partial charge in [0, 0.05) is 49.1 Å². The third-order valence-electron chi connectivity index (χ3n) is 5.16. The molecule has 2 aliphatic heterocycles. The Morgan fingerprint density at radius 2 is 2.00 bits per heavy atom. The molecule has 26 heavy (non-hydrogen) atoms. The molecule has 0 N–H and O–H groups in total. The zero-order valence-electron chi connectivity index (χ0n) is 14.1. The predicted molar refractivity (Wildman–Crippen MR) is 98.9 cm³/mol. The molecule has 0 unspecified atom stereocenters. The van der Waals surface area contributed by atoms with E-state index in [1.165, 1.54) is 0 Å². The van der Waals surface area contributed by atoms with Crippen LogP contribution in [0.4, 0.5) is 0 Å². The molecular formula is C19H19ClN4O2. The molecule has 3 aromatic rings. The molecule has 2 aromatic heterocycles. The van der Waals surface area contributed by atoms with Crippen LogP contribution in [0, 0.1) is 11.8 Å². The molecule has 0 radical (unpaired) electrons. The fourth-order valence-corrected chi connectivity index (χ4v) is 3.90. The lowest BCUT2D eigenvalue weighted by Gasteiger charge is -2.16. The number of cyclic esters (lactones) is 1. The van der Waals surface area contributed by atoms with Crippen LogP contribution in [0.15, 0.2) is 48.9 Å². The van der Waals surface area contributed by atoms with Crippen LogP contribution in [-0.2, 0) is 16.1 Å². The normalized spacial score (nSPS) is 22.2. The van der Waals surface area contributed by atoms with E-state index in [0.29, 0.717) is 12.5 Å². The Balaban J connectivity index is 0.00000168. The van der Waals surface area contributed by atoms with Crippen molar-refractivity contribution in [2.45, 2.75) is 6.54 Å². The van der Waals surface area contributed by atoms with Gasteiger partial charge in [0.1, 0.15) is 0 Å². The molecule has 2 fully saturated rings. The predicted octanol–water partition coefficient (Wildman–Crippen LogP) is 2.42. The first-order chi connectivity index (χ1) is 12.3. The molecule has 0 spiro atoms. The standard InChI is InChI=1S/C19H18N4O2.ClH/c24-19-17-11-22(10-15(17)12-25-19)8-13-6-20-18-16(7-21-23(18)9-13)14-4-2-1-3-5-14;/h1-7,9,15,17H,8,10-12H2;1H/t15-,17-;/m1./s1. The minimum absolute atomic E-state index is 0. The molecule has 7 heteroatoms. The lowest BCUT2D eigenvalue weighted by molar-refractivity contribution is -0.141. The second-order valence-corrected chi connectivity index (χ2v) is 6.85. The van der Waals surface area contributed by atoms with Gasteiger partial charge in [0.25, 0.3) is 0 Å². The SMILES string of the molecule is Cl.O=C1OC[C@H]2CN(Cc3cnc4c(-c5ccccc5)cnn4c3)C[C@@H]12. The second-order valence-electron chi connectivity index (χ2n) is 6.85. The summed E-state index contributed by atoms with van der Waals surface area (Å²) in [6.45, 7) is 3.03. The van der Waals surface area contributed by atoms with E-state index in [4.69, 9.17) is 4.74 Å². The van der Waals surface area contributed by atoms with Crippen molar-refractivity contribution >= 4 is 24.0 Å². The Bertz CT molecular complexity index is 943. The first kappa shape index (κ1) is 17.0. The van der Waals surface area contributed by atoms with Crippen molar-refractivity contribution in [2.75, 3.05) is 19.7 Å². The van der Waals surface area contributed by atoms with Crippen molar-refractivity contribution in [1.82, 2.24) is 19.5 Å². The molecular weight excluding hydrogens is 352 g/mol. The number of fused-ring (bicyclic) bond motifs is 2. The number of likely N-dealkylation sites (tertiary alicyclic amines) is 1. The summed E-state index contributed by atoms with van der Waals surface area (Å²) in [6, 6.07) is 10.2. The van der Waals surface area contributed by atoms with E-state index in [9.17, 15) is 4.79 Å². The van der Waals surface area contributed by atoms with E-state index in [0.717, 1.165) is 42.0 Å². The first-order valence-corrected chi connectivity index (χ1v) is 8.54. The summed E-state index contributed by atoms with van der Waals surface area (Å²) in [6.07, 6.45) is 5.80. The van der Waals surface area contributed by atoms with Gasteiger partial charge in [0.15, 0.2) is 5.65 Å². The van der Waals surface area contributed by atoms with E-state index in [-0.39, 0.29) is 24.3 Å². The summed E-state index contributed by atoms with van der Waals surface area (Å²) in [7, 11) is 0. The minimum Gasteiger partial charge on any atom is -0.465 e. The summed E-state index contributed by atoms with van der Waals surface area (Å²) in [5, 5.41) is 4.46. The lowest BCUT2D eigenvalue weighted by Crippen LogP contribution is -2.23. The zero-order valence-corrected chi connectivity index (χ0v) is 14.9. The maximum absolute atomic E-state index is 11.7. The molecule has 2 atom stereocenters. The molecule has 0 aliphatic carbocycles. The van der Waals surface area contributed by atoms with Crippen LogP contribution in [0.3, 0.4) is 0 Å². The van der Waals surface area contributed by atoms with Gasteiger partial charge in [-0.15, -0.1) is 12.4 Å². The van der Waals surface area contributed by atoms with Gasteiger partial charge in [-0.3, -0.25) is 9.69 Å². The smallest absolute Gasteiger partial charge is 0.310 e. The minimum atomic E-state index is -0.0411. The quantitative estimate of drug-likeness (QED) is 0.663. The van der Waals surface area contributed by atoms with Crippen LogP contribution in [-0.4, -0.2) is 45.2 Å². The Kier molecular flexibility index (Phi) is 4.38. The van der Waals surface area contributed by atoms with Crippen LogP contribution in [0.25, 0.3) is 16.8 Å². The van der Waals surface area contributed by atoms with E-state index in [1.54, 1.807) is 0 Å². The van der Waals surface area contributed by atoms with Crippen molar-refractivity contribution in [1.29, 1.82) is 0 Å². The third kappa shape index (κ3) is 2.85. The number of carbonyl (C=O) groups excluding carboxylic acids is 1. The highest BCUT2D eigenvalue weighted by atomic mass is 35.5. The van der Waals surface area contributed by atoms with E-state index in [2.05, 4.69) is 27.1 Å². The maximum Gasteiger partial charge on any atom is 0.310 e. The van der Waals surface area contributed by atoms with Gasteiger partial charge >= 0.3 is 5.97 Å². The Morgan fingerprint density at radius 1 is 1.15 bits per heavy atom. The summed E-state index contributed by atoms with van der Waals surface area (Å²) in [4.78, 5) is 18.6. The Labute approximate surface area is 157 Å². The molecule has 0 saturated carbocycles. The highest BCUT2D eigenvalue weighted by Gasteiger charge is 2.43. The molecule has 0 amide bonds. The molecule has 6 nitrogen and oxygen atoms in total. The maximum atomic E-state index is 11.7. The largest absolute Gasteiger partial charge is 0.465 e. The number of ether oxygens (including phenoxy) is 1. The number of nitrogens with zero attached hydrogens (tertiary/aromatic N) is 4. The van der Waals surface area contributed by atoms with E-state index < -0.39 is 0 Å². The Hall–Kier alpha value is -2.44. The monoisotopic (exact) mass is 370 g/mol. The zero-order chi connectivity index (χ0) is 16.8. The van der Waals surface area contributed by atoms with Gasteiger partial charge < -0.3 is 4.74 Å². The fourth-order valence-electron chi connectivity index (χ4n) is 3.90. The van der Waals surface area contributed by atoms with Crippen molar-refractivity contribution in [2.24, 2.45) is 11.8 Å². The third-order valence-corrected chi connectivity index (χ3v) is 5.16. The molecule has 5 rings (SSSR count). The molecule has 0 bridgehead atoms. The van der Waals surface area contributed by atoms with Crippen LogP contribution in [0.2, 0.25) is 0 Å². The van der Waals surface area contributed by atoms with Gasteiger partial charge in [-0.1, -0.05) is 30.3 Å². The number of halogens is 1. The highest BCUT2D eigenvalue weighted by Crippen LogP contribution is 2.31. The fraction of sp³-hybridized carbons (Fsp3) is 0.316. The molecule has 2 aliphatic rings. The van der Waals surface area contributed by atoms with Crippen molar-refractivity contribution in [3.05, 3.63) is 54.5 Å². The molecule has 1 aromatic carbocycles. The molecule has 134 valence electrons. The highest BCUT2D eigenvalue weighted by molar-refractivity contribution is 5.85. The number of benzene rings is 1. The number of carbonyl (C=O) groups is 1. The molecule has 2 saturated heterocycles. The van der Waals surface area contributed by atoms with Crippen LogP contribution >= 0.6 is 12.4 Å². The Morgan fingerprint density at radius 3 is 2.81 bits per heavy atom. The summed E-state index contributed by atoms with van der Waals surface area (Å²) in [5.41, 5.74) is 4.11. The average Bonchev–Trinajstić information content (AvgIpc) is 3.32. The summed E-state index contributed by atoms with van der Waals surface area (Å²) < 4.78 is 6.96. The van der Waals surface area contributed by atoms with E-state index in [1.807, 2.05) is 41.3 Å². The van der Waals surface area contributed by atoms with Crippen LogP contribution in [0.5, 0.6) is 0 Å². The van der Waals surface area contributed by atoms with E-state index >= 15 is 0 Å². The van der Waals surface area contributed by atoms with Crippen LogP contribution in [0.1, 0.15) is 5.56 Å². The number of rotatable bonds is 3. The van der Waals surface area contributed by atoms with Gasteiger partial charge in [-0.25, -0.2) is 9.50 Å². The number of aromatic nitrogens is 3. The van der Waals surface area contributed by atoms with Crippen molar-refractivity contribution < 1.29 is 9.53 Å². The van der Waals surface area contributed by atoms with Gasteiger partial charge in [-0.05, 0) is 5.56 Å². The summed E-state index contributed by atoms with van der Waals surface area (Å²) in [5.74, 6) is 0.352. The topological polar surface area (TPSA) is 59.7 Å². The van der Waals surface area contributed by atoms with Crippen LogP contribution < -0.4 is 0 Å². The lowest BCUT2D eigenvalue weighted by atomic mass is 10.0. The summed E-state index contributed by atoms with van der Waals surface area (Å²) >= 11 is 0. The number of hydrogen-bond acceptors (Lipinski definition) is 5. The van der Waals surface area contributed by atoms with Gasteiger partial charge in [0.2, 0.25) is 0 Å². The first-order valence-electron chi connectivity index (χ1n) is 8.54.